The van der Waals surface area contributed by atoms with E-state index < -0.39 is 17.8 Å². The molecule has 23 heavy (non-hydrogen) atoms. The first-order chi connectivity index (χ1) is 10.9. The fourth-order valence-electron chi connectivity index (χ4n) is 1.66. The Labute approximate surface area is 125 Å². The second-order valence-corrected chi connectivity index (χ2v) is 4.24. The molecule has 0 aromatic carbocycles. The Morgan fingerprint density at radius 2 is 2.09 bits per heavy atom. The van der Waals surface area contributed by atoms with E-state index in [-0.39, 0.29) is 17.3 Å². The van der Waals surface area contributed by atoms with E-state index in [2.05, 4.69) is 25.3 Å². The lowest BCUT2D eigenvalue weighted by molar-refractivity contribution is -0.141. The number of aromatic hydroxyl groups is 1. The van der Waals surface area contributed by atoms with Gasteiger partial charge in [-0.3, -0.25) is 0 Å². The van der Waals surface area contributed by atoms with Crippen LogP contribution >= 0.6 is 0 Å². The number of nitrogens with zero attached hydrogens (tertiary/aromatic N) is 6. The molecular formula is C12H7F3N6O2. The van der Waals surface area contributed by atoms with Gasteiger partial charge in [-0.2, -0.15) is 13.2 Å². The van der Waals surface area contributed by atoms with Gasteiger partial charge >= 0.3 is 6.18 Å². The summed E-state index contributed by atoms with van der Waals surface area (Å²) in [5, 5.41) is 20.4. The molecule has 1 N–H and O–H groups in total. The lowest BCUT2D eigenvalue weighted by Gasteiger charge is -2.07. The molecule has 0 saturated carbocycles. The molecule has 0 unspecified atom stereocenters. The molecule has 11 heteroatoms. The van der Waals surface area contributed by atoms with Crippen molar-refractivity contribution < 1.29 is 22.7 Å². The van der Waals surface area contributed by atoms with Crippen molar-refractivity contribution in [2.24, 2.45) is 0 Å². The van der Waals surface area contributed by atoms with E-state index in [1.807, 2.05) is 0 Å². The number of rotatable bonds is 3. The van der Waals surface area contributed by atoms with Crippen molar-refractivity contribution in [3.63, 3.8) is 0 Å². The van der Waals surface area contributed by atoms with Gasteiger partial charge in [-0.05, 0) is 6.07 Å². The van der Waals surface area contributed by atoms with E-state index in [4.69, 9.17) is 4.42 Å². The maximum absolute atomic E-state index is 12.7. The van der Waals surface area contributed by atoms with Crippen LogP contribution in [0.5, 0.6) is 5.88 Å². The minimum Gasteiger partial charge on any atom is -0.493 e. The molecule has 0 aliphatic rings. The molecule has 0 bridgehead atoms. The van der Waals surface area contributed by atoms with Crippen LogP contribution in [0.2, 0.25) is 0 Å². The molecule has 0 fully saturated rings. The van der Waals surface area contributed by atoms with Crippen molar-refractivity contribution in [3.8, 4) is 17.3 Å². The van der Waals surface area contributed by atoms with Gasteiger partial charge in [-0.25, -0.2) is 14.6 Å². The molecule has 3 aromatic rings. The van der Waals surface area contributed by atoms with Gasteiger partial charge in [0.05, 0.1) is 0 Å². The minimum atomic E-state index is -4.69. The van der Waals surface area contributed by atoms with Gasteiger partial charge in [0.25, 0.3) is 0 Å². The van der Waals surface area contributed by atoms with E-state index in [9.17, 15) is 18.3 Å². The number of hydrogen-bond acceptors (Lipinski definition) is 7. The molecule has 0 atom stereocenters. The molecule has 0 radical (unpaired) electrons. The van der Waals surface area contributed by atoms with Gasteiger partial charge < -0.3 is 9.52 Å². The zero-order valence-corrected chi connectivity index (χ0v) is 11.1. The molecule has 8 nitrogen and oxygen atoms in total. The van der Waals surface area contributed by atoms with Crippen LogP contribution in [0, 0.1) is 0 Å². The van der Waals surface area contributed by atoms with Crippen molar-refractivity contribution in [1.82, 2.24) is 29.9 Å². The Morgan fingerprint density at radius 3 is 2.78 bits per heavy atom. The van der Waals surface area contributed by atoms with Crippen LogP contribution in [0.4, 0.5) is 13.2 Å². The van der Waals surface area contributed by atoms with E-state index >= 15 is 0 Å². The predicted octanol–water partition coefficient (Wildman–Crippen LogP) is 2.08. The molecule has 3 rings (SSSR count). The average molecular weight is 324 g/mol. The summed E-state index contributed by atoms with van der Waals surface area (Å²) in [6, 6.07) is 1.79. The van der Waals surface area contributed by atoms with Crippen molar-refractivity contribution in [2.75, 3.05) is 0 Å². The molecule has 0 spiro atoms. The van der Waals surface area contributed by atoms with Gasteiger partial charge in [-0.15, -0.1) is 15.3 Å². The average Bonchev–Trinajstić information content (AvgIpc) is 3.15. The highest BCUT2D eigenvalue weighted by Crippen LogP contribution is 2.31. The quantitative estimate of drug-likeness (QED) is 0.786. The van der Waals surface area contributed by atoms with Crippen LogP contribution in [0.15, 0.2) is 29.3 Å². The number of hydrogen-bond donors (Lipinski definition) is 1. The number of aromatic nitrogens is 6. The Hall–Kier alpha value is -3.24. The van der Waals surface area contributed by atoms with Gasteiger partial charge in [0.1, 0.15) is 12.0 Å². The molecule has 0 saturated heterocycles. The Kier molecular flexibility index (Phi) is 3.52. The highest BCUT2D eigenvalue weighted by Gasteiger charge is 2.33. The number of halogens is 3. The fourth-order valence-corrected chi connectivity index (χ4v) is 1.66. The van der Waals surface area contributed by atoms with Gasteiger partial charge in [0, 0.05) is 23.9 Å². The van der Waals surface area contributed by atoms with Gasteiger partial charge in [-0.1, -0.05) is 0 Å². The molecule has 3 heterocycles. The largest absolute Gasteiger partial charge is 0.493 e. The second-order valence-electron chi connectivity index (χ2n) is 4.24. The summed E-state index contributed by atoms with van der Waals surface area (Å²) in [5.41, 5.74) is -1.25. The zero-order valence-electron chi connectivity index (χ0n) is 11.1. The smallest absolute Gasteiger partial charge is 0.433 e. The predicted molar refractivity (Wildman–Crippen MR) is 69.4 cm³/mol. The minimum absolute atomic E-state index is 0.0108. The number of alkyl halides is 3. The van der Waals surface area contributed by atoms with Gasteiger partial charge in [0.2, 0.25) is 18.2 Å². The zero-order chi connectivity index (χ0) is 16.4. The lowest BCUT2D eigenvalue weighted by atomic mass is 10.2. The van der Waals surface area contributed by atoms with E-state index in [0.29, 0.717) is 0 Å². The summed E-state index contributed by atoms with van der Waals surface area (Å²) >= 11 is 0. The summed E-state index contributed by atoms with van der Waals surface area (Å²) in [5.74, 6) is -0.557. The normalized spacial score (nSPS) is 12.1. The Morgan fingerprint density at radius 1 is 1.26 bits per heavy atom. The highest BCUT2D eigenvalue weighted by molar-refractivity contribution is 5.58. The third kappa shape index (κ3) is 3.33. The van der Waals surface area contributed by atoms with Crippen molar-refractivity contribution in [2.45, 2.75) is 6.18 Å². The summed E-state index contributed by atoms with van der Waals surface area (Å²) in [7, 11) is 0. The van der Waals surface area contributed by atoms with Crippen LogP contribution in [-0.2, 0) is 6.18 Å². The summed E-state index contributed by atoms with van der Waals surface area (Å²) in [6.07, 6.45) is 0.595. The molecule has 0 amide bonds. The van der Waals surface area contributed by atoms with Crippen LogP contribution < -0.4 is 0 Å². The molecule has 0 aliphatic heterocycles. The first kappa shape index (κ1) is 14.7. The van der Waals surface area contributed by atoms with Crippen molar-refractivity contribution >= 4 is 12.3 Å². The first-order valence-corrected chi connectivity index (χ1v) is 6.06. The molecule has 3 aromatic heterocycles. The van der Waals surface area contributed by atoms with Crippen LogP contribution in [0.25, 0.3) is 23.7 Å². The standard InChI is InChI=1S/C12H7F3N6O2/c13-12(14,15)8-3-7(4-9(22)18-8)11-16-5-21(20-11)2-1-10-19-17-6-23-10/h1-6H,(H,18,22)/b2-1-. The third-order valence-corrected chi connectivity index (χ3v) is 2.62. The van der Waals surface area contributed by atoms with Gasteiger partial charge in [0.15, 0.2) is 5.82 Å². The third-order valence-electron chi connectivity index (χ3n) is 2.62. The monoisotopic (exact) mass is 324 g/mol. The Balaban J connectivity index is 1.90. The fraction of sp³-hybridized carbons (Fsp3) is 0.0833. The van der Waals surface area contributed by atoms with Crippen molar-refractivity contribution in [1.29, 1.82) is 0 Å². The molecular weight excluding hydrogens is 317 g/mol. The summed E-state index contributed by atoms with van der Waals surface area (Å²) < 4.78 is 44.2. The highest BCUT2D eigenvalue weighted by atomic mass is 19.4. The SMILES string of the molecule is Oc1cc(-c2ncn(/C=C\c3nnco3)n2)cc(C(F)(F)F)n1. The van der Waals surface area contributed by atoms with Crippen molar-refractivity contribution in [3.05, 3.63) is 36.4 Å². The van der Waals surface area contributed by atoms with Crippen LogP contribution in [0.1, 0.15) is 11.6 Å². The number of pyridine rings is 1. The first-order valence-electron chi connectivity index (χ1n) is 6.06. The summed E-state index contributed by atoms with van der Waals surface area (Å²) in [6.45, 7) is 0. The van der Waals surface area contributed by atoms with E-state index in [1.165, 1.54) is 23.3 Å². The lowest BCUT2D eigenvalue weighted by Crippen LogP contribution is -2.08. The van der Waals surface area contributed by atoms with E-state index in [1.54, 1.807) is 0 Å². The second kappa shape index (κ2) is 5.51. The maximum Gasteiger partial charge on any atom is 0.433 e. The molecule has 0 aliphatic carbocycles. The van der Waals surface area contributed by atoms with Crippen LogP contribution in [0.3, 0.4) is 0 Å². The van der Waals surface area contributed by atoms with E-state index in [0.717, 1.165) is 18.5 Å². The van der Waals surface area contributed by atoms with Crippen LogP contribution in [-0.4, -0.2) is 35.1 Å². The maximum atomic E-state index is 12.7. The summed E-state index contributed by atoms with van der Waals surface area (Å²) in [4.78, 5) is 6.91. The topological polar surface area (TPSA) is 103 Å². The molecule has 118 valence electrons. The Bertz CT molecular complexity index is 841.